The van der Waals surface area contributed by atoms with E-state index in [-0.39, 0.29) is 5.92 Å². The van der Waals surface area contributed by atoms with E-state index in [1.807, 2.05) is 31.7 Å². The van der Waals surface area contributed by atoms with Crippen molar-refractivity contribution in [1.29, 1.82) is 5.26 Å². The molecule has 86 valence electrons. The number of nitriles is 1. The van der Waals surface area contributed by atoms with E-state index in [0.29, 0.717) is 12.2 Å². The summed E-state index contributed by atoms with van der Waals surface area (Å²) in [6, 6.07) is 4.11. The van der Waals surface area contributed by atoms with Crippen LogP contribution < -0.4 is 10.6 Å². The number of rotatable bonds is 4. The second-order valence-corrected chi connectivity index (χ2v) is 3.93. The smallest absolute Gasteiger partial charge is 0.152 e. The lowest BCUT2D eigenvalue weighted by molar-refractivity contribution is 0.680. The van der Waals surface area contributed by atoms with Crippen LogP contribution in [-0.2, 0) is 0 Å². The Balaban J connectivity index is 2.96. The van der Waals surface area contributed by atoms with Crippen molar-refractivity contribution < 1.29 is 0 Å². The van der Waals surface area contributed by atoms with Gasteiger partial charge >= 0.3 is 0 Å². The predicted octanol–water partition coefficient (Wildman–Crippen LogP) is 1.96. The van der Waals surface area contributed by atoms with E-state index in [9.17, 15) is 0 Å². The monoisotopic (exact) mass is 218 g/mol. The zero-order chi connectivity index (χ0) is 12.1. The summed E-state index contributed by atoms with van der Waals surface area (Å²) >= 11 is 0. The maximum atomic E-state index is 8.82. The fourth-order valence-electron chi connectivity index (χ4n) is 1.54. The molecule has 1 atom stereocenters. The van der Waals surface area contributed by atoms with Crippen molar-refractivity contribution in [2.24, 2.45) is 5.92 Å². The minimum Gasteiger partial charge on any atom is -0.396 e. The zero-order valence-corrected chi connectivity index (χ0v) is 10.1. The highest BCUT2D eigenvalue weighted by atomic mass is 15.2. The van der Waals surface area contributed by atoms with Crippen molar-refractivity contribution in [2.75, 3.05) is 23.7 Å². The van der Waals surface area contributed by atoms with Gasteiger partial charge in [-0.3, -0.25) is 0 Å². The molecule has 4 heteroatoms. The largest absolute Gasteiger partial charge is 0.396 e. The predicted molar refractivity (Wildman–Crippen MR) is 66.1 cm³/mol. The molecule has 0 saturated carbocycles. The molecule has 0 fully saturated rings. The summed E-state index contributed by atoms with van der Waals surface area (Å²) in [7, 11) is 0. The first-order valence-corrected chi connectivity index (χ1v) is 5.45. The molecule has 0 aliphatic carbocycles. The summed E-state index contributed by atoms with van der Waals surface area (Å²) < 4.78 is 0. The Bertz CT molecular complexity index is 394. The van der Waals surface area contributed by atoms with Crippen molar-refractivity contribution in [3.8, 4) is 6.07 Å². The Morgan fingerprint density at radius 2 is 2.31 bits per heavy atom. The van der Waals surface area contributed by atoms with Crippen LogP contribution in [0.2, 0.25) is 0 Å². The molecule has 16 heavy (non-hydrogen) atoms. The third-order valence-electron chi connectivity index (χ3n) is 2.58. The van der Waals surface area contributed by atoms with Gasteiger partial charge in [0.25, 0.3) is 0 Å². The van der Waals surface area contributed by atoms with Gasteiger partial charge < -0.3 is 10.6 Å². The van der Waals surface area contributed by atoms with Crippen LogP contribution in [0.4, 0.5) is 11.5 Å². The SMILES string of the molecule is CCN(CC(C)C#N)c1nccc(C)c1N. The molecule has 2 N–H and O–H groups in total. The topological polar surface area (TPSA) is 65.9 Å². The lowest BCUT2D eigenvalue weighted by Gasteiger charge is -2.24. The summed E-state index contributed by atoms with van der Waals surface area (Å²) in [5, 5.41) is 8.82. The van der Waals surface area contributed by atoms with E-state index in [0.717, 1.165) is 17.9 Å². The Hall–Kier alpha value is -1.76. The van der Waals surface area contributed by atoms with Crippen LogP contribution in [0.3, 0.4) is 0 Å². The van der Waals surface area contributed by atoms with E-state index in [2.05, 4.69) is 11.1 Å². The first-order chi connectivity index (χ1) is 7.60. The lowest BCUT2D eigenvalue weighted by atomic mass is 10.2. The number of aryl methyl sites for hydroxylation is 1. The number of aromatic nitrogens is 1. The fourth-order valence-corrected chi connectivity index (χ4v) is 1.54. The first-order valence-electron chi connectivity index (χ1n) is 5.45. The van der Waals surface area contributed by atoms with Gasteiger partial charge in [-0.2, -0.15) is 5.26 Å². The lowest BCUT2D eigenvalue weighted by Crippen LogP contribution is -2.29. The molecule has 4 nitrogen and oxygen atoms in total. The zero-order valence-electron chi connectivity index (χ0n) is 10.1. The second kappa shape index (κ2) is 5.36. The second-order valence-electron chi connectivity index (χ2n) is 3.93. The summed E-state index contributed by atoms with van der Waals surface area (Å²) in [6.45, 7) is 7.35. The van der Waals surface area contributed by atoms with Gasteiger partial charge in [-0.05, 0) is 32.4 Å². The maximum Gasteiger partial charge on any atom is 0.152 e. The van der Waals surface area contributed by atoms with Crippen molar-refractivity contribution in [3.05, 3.63) is 17.8 Å². The molecule has 1 rings (SSSR count). The van der Waals surface area contributed by atoms with Crippen LogP contribution in [0.1, 0.15) is 19.4 Å². The third-order valence-corrected chi connectivity index (χ3v) is 2.58. The third kappa shape index (κ3) is 2.63. The standard InChI is InChI=1S/C12H18N4/c1-4-16(8-9(2)7-13)12-11(14)10(3)5-6-15-12/h5-6,9H,4,8,14H2,1-3H3. The maximum absolute atomic E-state index is 8.82. The number of hydrogen-bond acceptors (Lipinski definition) is 4. The van der Waals surface area contributed by atoms with Crippen LogP contribution in [0.5, 0.6) is 0 Å². The van der Waals surface area contributed by atoms with Crippen molar-refractivity contribution in [1.82, 2.24) is 4.98 Å². The van der Waals surface area contributed by atoms with Gasteiger partial charge in [0.1, 0.15) is 0 Å². The number of pyridine rings is 1. The molecule has 1 aromatic heterocycles. The Morgan fingerprint density at radius 1 is 1.62 bits per heavy atom. The molecular weight excluding hydrogens is 200 g/mol. The number of nitrogens with two attached hydrogens (primary N) is 1. The summed E-state index contributed by atoms with van der Waals surface area (Å²) in [4.78, 5) is 6.33. The van der Waals surface area contributed by atoms with Gasteiger partial charge in [-0.15, -0.1) is 0 Å². The highest BCUT2D eigenvalue weighted by molar-refractivity contribution is 5.66. The molecule has 1 unspecified atom stereocenters. The molecule has 0 aliphatic heterocycles. The van der Waals surface area contributed by atoms with E-state index in [1.165, 1.54) is 0 Å². The van der Waals surface area contributed by atoms with Crippen molar-refractivity contribution in [3.63, 3.8) is 0 Å². The molecule has 1 heterocycles. The first kappa shape index (κ1) is 12.3. The van der Waals surface area contributed by atoms with Gasteiger partial charge in [-0.25, -0.2) is 4.98 Å². The van der Waals surface area contributed by atoms with Crippen LogP contribution in [0.15, 0.2) is 12.3 Å². The Morgan fingerprint density at radius 3 is 2.88 bits per heavy atom. The summed E-state index contributed by atoms with van der Waals surface area (Å²) in [5.74, 6) is 0.756. The van der Waals surface area contributed by atoms with Gasteiger partial charge in [0, 0.05) is 19.3 Å². The minimum atomic E-state index is -0.0262. The van der Waals surface area contributed by atoms with Gasteiger partial charge in [0.2, 0.25) is 0 Å². The molecule has 0 amide bonds. The molecule has 0 radical (unpaired) electrons. The Kier molecular flexibility index (Phi) is 4.12. The van der Waals surface area contributed by atoms with Crippen LogP contribution >= 0.6 is 0 Å². The molecule has 0 saturated heterocycles. The average molecular weight is 218 g/mol. The molecule has 0 spiro atoms. The molecule has 0 aromatic carbocycles. The Labute approximate surface area is 96.7 Å². The highest BCUT2D eigenvalue weighted by Crippen LogP contribution is 2.23. The highest BCUT2D eigenvalue weighted by Gasteiger charge is 2.13. The van der Waals surface area contributed by atoms with Crippen LogP contribution in [0, 0.1) is 24.2 Å². The van der Waals surface area contributed by atoms with Gasteiger partial charge in [0.05, 0.1) is 17.7 Å². The number of nitrogen functional groups attached to an aromatic ring is 1. The van der Waals surface area contributed by atoms with E-state index in [4.69, 9.17) is 11.0 Å². The van der Waals surface area contributed by atoms with E-state index in [1.54, 1.807) is 6.20 Å². The van der Waals surface area contributed by atoms with E-state index < -0.39 is 0 Å². The fraction of sp³-hybridized carbons (Fsp3) is 0.500. The molecule has 0 aliphatic rings. The number of hydrogen-bond donors (Lipinski definition) is 1. The normalized spacial score (nSPS) is 11.9. The summed E-state index contributed by atoms with van der Waals surface area (Å²) in [5.41, 5.74) is 7.71. The molecule has 1 aromatic rings. The van der Waals surface area contributed by atoms with Crippen LogP contribution in [-0.4, -0.2) is 18.1 Å². The van der Waals surface area contributed by atoms with Crippen LogP contribution in [0.25, 0.3) is 0 Å². The van der Waals surface area contributed by atoms with Gasteiger partial charge in [0.15, 0.2) is 5.82 Å². The quantitative estimate of drug-likeness (QED) is 0.839. The molecule has 0 bridgehead atoms. The summed E-state index contributed by atoms with van der Waals surface area (Å²) in [6.07, 6.45) is 1.75. The number of anilines is 2. The van der Waals surface area contributed by atoms with Gasteiger partial charge in [-0.1, -0.05) is 0 Å². The van der Waals surface area contributed by atoms with Crippen molar-refractivity contribution >= 4 is 11.5 Å². The number of nitrogens with zero attached hydrogens (tertiary/aromatic N) is 3. The molecular formula is C12H18N4. The minimum absolute atomic E-state index is 0.0262. The average Bonchev–Trinajstić information content (AvgIpc) is 2.29. The van der Waals surface area contributed by atoms with Crippen molar-refractivity contribution in [2.45, 2.75) is 20.8 Å². The van der Waals surface area contributed by atoms with E-state index >= 15 is 0 Å².